The van der Waals surface area contributed by atoms with Crippen molar-refractivity contribution in [3.05, 3.63) is 22.8 Å². The van der Waals surface area contributed by atoms with E-state index >= 15 is 0 Å². The standard InChI is InChI=1S/C12H17BrN2O/c13-11-5-3-7-14-12(11)15-8-2-1-4-10(15)6-9-16/h3,5,7,10,16H,1-2,4,6,8-9H2. The van der Waals surface area contributed by atoms with Crippen LogP contribution >= 0.6 is 15.9 Å². The molecule has 1 aromatic heterocycles. The van der Waals surface area contributed by atoms with Crippen molar-refractivity contribution in [2.45, 2.75) is 31.7 Å². The van der Waals surface area contributed by atoms with Crippen LogP contribution in [-0.2, 0) is 0 Å². The first-order chi connectivity index (χ1) is 7.83. The van der Waals surface area contributed by atoms with Crippen molar-refractivity contribution in [2.24, 2.45) is 0 Å². The molecular formula is C12H17BrN2O. The Balaban J connectivity index is 2.19. The van der Waals surface area contributed by atoms with Crippen LogP contribution in [0.2, 0.25) is 0 Å². The van der Waals surface area contributed by atoms with Gasteiger partial charge in [-0.05, 0) is 53.7 Å². The Morgan fingerprint density at radius 2 is 2.38 bits per heavy atom. The number of anilines is 1. The molecule has 0 saturated carbocycles. The largest absolute Gasteiger partial charge is 0.396 e. The van der Waals surface area contributed by atoms with Gasteiger partial charge >= 0.3 is 0 Å². The first kappa shape index (κ1) is 11.9. The number of aromatic nitrogens is 1. The van der Waals surface area contributed by atoms with E-state index in [2.05, 4.69) is 25.8 Å². The smallest absolute Gasteiger partial charge is 0.143 e. The molecule has 0 amide bonds. The maximum absolute atomic E-state index is 9.09. The molecule has 0 spiro atoms. The Labute approximate surface area is 105 Å². The molecule has 0 radical (unpaired) electrons. The van der Waals surface area contributed by atoms with Gasteiger partial charge in [-0.1, -0.05) is 0 Å². The monoisotopic (exact) mass is 284 g/mol. The summed E-state index contributed by atoms with van der Waals surface area (Å²) in [5, 5.41) is 9.09. The second-order valence-corrected chi connectivity index (χ2v) is 5.02. The summed E-state index contributed by atoms with van der Waals surface area (Å²) in [5.41, 5.74) is 0. The van der Waals surface area contributed by atoms with Crippen LogP contribution in [0.25, 0.3) is 0 Å². The Kier molecular flexibility index (Phi) is 4.18. The van der Waals surface area contributed by atoms with E-state index < -0.39 is 0 Å². The molecule has 0 aliphatic carbocycles. The molecule has 2 heterocycles. The summed E-state index contributed by atoms with van der Waals surface area (Å²) in [4.78, 5) is 6.76. The molecule has 3 nitrogen and oxygen atoms in total. The topological polar surface area (TPSA) is 36.4 Å². The third kappa shape index (κ3) is 2.55. The Bertz CT molecular complexity index is 344. The van der Waals surface area contributed by atoms with Crippen molar-refractivity contribution in [2.75, 3.05) is 18.1 Å². The number of rotatable bonds is 3. The first-order valence-corrected chi connectivity index (χ1v) is 6.60. The minimum atomic E-state index is 0.256. The Hall–Kier alpha value is -0.610. The van der Waals surface area contributed by atoms with Gasteiger partial charge in [0.25, 0.3) is 0 Å². The van der Waals surface area contributed by atoms with Gasteiger partial charge in [0.2, 0.25) is 0 Å². The van der Waals surface area contributed by atoms with E-state index in [1.165, 1.54) is 12.8 Å². The van der Waals surface area contributed by atoms with Gasteiger partial charge in [0.1, 0.15) is 5.82 Å². The molecule has 1 N–H and O–H groups in total. The highest BCUT2D eigenvalue weighted by molar-refractivity contribution is 9.10. The molecule has 1 fully saturated rings. The fourth-order valence-electron chi connectivity index (χ4n) is 2.32. The molecular weight excluding hydrogens is 268 g/mol. The number of hydrogen-bond donors (Lipinski definition) is 1. The lowest BCUT2D eigenvalue weighted by Crippen LogP contribution is -2.40. The second kappa shape index (κ2) is 5.64. The van der Waals surface area contributed by atoms with Crippen molar-refractivity contribution in [3.63, 3.8) is 0 Å². The lowest BCUT2D eigenvalue weighted by atomic mass is 9.99. The average Bonchev–Trinajstić information content (AvgIpc) is 2.31. The van der Waals surface area contributed by atoms with Crippen LogP contribution in [0.1, 0.15) is 25.7 Å². The molecule has 16 heavy (non-hydrogen) atoms. The first-order valence-electron chi connectivity index (χ1n) is 5.81. The number of pyridine rings is 1. The molecule has 1 aliphatic rings. The summed E-state index contributed by atoms with van der Waals surface area (Å²) in [5.74, 6) is 1.01. The van der Waals surface area contributed by atoms with E-state index in [-0.39, 0.29) is 6.61 Å². The fourth-order valence-corrected chi connectivity index (χ4v) is 2.80. The number of hydrogen-bond acceptors (Lipinski definition) is 3. The minimum Gasteiger partial charge on any atom is -0.396 e. The fraction of sp³-hybridized carbons (Fsp3) is 0.583. The lowest BCUT2D eigenvalue weighted by molar-refractivity contribution is 0.262. The molecule has 0 aromatic carbocycles. The summed E-state index contributed by atoms with van der Waals surface area (Å²) >= 11 is 3.54. The van der Waals surface area contributed by atoms with Crippen LogP contribution in [-0.4, -0.2) is 29.3 Å². The normalized spacial score (nSPS) is 21.1. The van der Waals surface area contributed by atoms with Crippen molar-refractivity contribution < 1.29 is 5.11 Å². The van der Waals surface area contributed by atoms with Crippen molar-refractivity contribution >= 4 is 21.7 Å². The zero-order valence-corrected chi connectivity index (χ0v) is 10.9. The molecule has 0 bridgehead atoms. The number of aliphatic hydroxyl groups excluding tert-OH is 1. The molecule has 1 atom stereocenters. The summed E-state index contributed by atoms with van der Waals surface area (Å²) in [7, 11) is 0. The summed E-state index contributed by atoms with van der Waals surface area (Å²) < 4.78 is 1.04. The zero-order valence-electron chi connectivity index (χ0n) is 9.27. The highest BCUT2D eigenvalue weighted by Gasteiger charge is 2.24. The van der Waals surface area contributed by atoms with Crippen LogP contribution in [0.4, 0.5) is 5.82 Å². The predicted octanol–water partition coefficient (Wildman–Crippen LogP) is 2.59. The van der Waals surface area contributed by atoms with Gasteiger partial charge in [-0.2, -0.15) is 0 Å². The molecule has 88 valence electrons. The number of nitrogens with zero attached hydrogens (tertiary/aromatic N) is 2. The molecule has 4 heteroatoms. The molecule has 1 saturated heterocycles. The summed E-state index contributed by atoms with van der Waals surface area (Å²) in [6, 6.07) is 4.39. The minimum absolute atomic E-state index is 0.256. The predicted molar refractivity (Wildman–Crippen MR) is 68.6 cm³/mol. The van der Waals surface area contributed by atoms with Crippen molar-refractivity contribution in [3.8, 4) is 0 Å². The van der Waals surface area contributed by atoms with Gasteiger partial charge in [0, 0.05) is 25.4 Å². The third-order valence-electron chi connectivity index (χ3n) is 3.10. The molecule has 1 aromatic rings. The maximum Gasteiger partial charge on any atom is 0.143 e. The molecule has 2 rings (SSSR count). The highest BCUT2D eigenvalue weighted by atomic mass is 79.9. The summed E-state index contributed by atoms with van der Waals surface area (Å²) in [6.07, 6.45) is 6.29. The van der Waals surface area contributed by atoms with Gasteiger partial charge in [0.05, 0.1) is 4.47 Å². The maximum atomic E-state index is 9.09. The van der Waals surface area contributed by atoms with Crippen LogP contribution < -0.4 is 4.90 Å². The quantitative estimate of drug-likeness (QED) is 0.927. The highest BCUT2D eigenvalue weighted by Crippen LogP contribution is 2.30. The van der Waals surface area contributed by atoms with E-state index in [0.29, 0.717) is 6.04 Å². The van der Waals surface area contributed by atoms with Gasteiger partial charge < -0.3 is 10.0 Å². The lowest BCUT2D eigenvalue weighted by Gasteiger charge is -2.37. The number of aliphatic hydroxyl groups is 1. The third-order valence-corrected chi connectivity index (χ3v) is 3.72. The van der Waals surface area contributed by atoms with Crippen LogP contribution in [0, 0.1) is 0 Å². The van der Waals surface area contributed by atoms with E-state index in [9.17, 15) is 0 Å². The second-order valence-electron chi connectivity index (χ2n) is 4.16. The van der Waals surface area contributed by atoms with Crippen LogP contribution in [0.3, 0.4) is 0 Å². The number of piperidine rings is 1. The summed E-state index contributed by atoms with van der Waals surface area (Å²) in [6.45, 7) is 1.30. The number of halogens is 1. The van der Waals surface area contributed by atoms with E-state index in [4.69, 9.17) is 5.11 Å². The van der Waals surface area contributed by atoms with Crippen LogP contribution in [0.5, 0.6) is 0 Å². The van der Waals surface area contributed by atoms with Gasteiger partial charge in [-0.25, -0.2) is 4.98 Å². The SMILES string of the molecule is OCCC1CCCCN1c1ncccc1Br. The van der Waals surface area contributed by atoms with E-state index in [1.807, 2.05) is 18.3 Å². The van der Waals surface area contributed by atoms with Gasteiger partial charge in [-0.3, -0.25) is 0 Å². The zero-order chi connectivity index (χ0) is 11.4. The average molecular weight is 285 g/mol. The van der Waals surface area contributed by atoms with Gasteiger partial charge in [0.15, 0.2) is 0 Å². The van der Waals surface area contributed by atoms with E-state index in [0.717, 1.165) is 29.7 Å². The van der Waals surface area contributed by atoms with Gasteiger partial charge in [-0.15, -0.1) is 0 Å². The Morgan fingerprint density at radius 1 is 1.50 bits per heavy atom. The van der Waals surface area contributed by atoms with E-state index in [1.54, 1.807) is 0 Å². The van der Waals surface area contributed by atoms with Crippen molar-refractivity contribution in [1.29, 1.82) is 0 Å². The Morgan fingerprint density at radius 3 is 3.12 bits per heavy atom. The van der Waals surface area contributed by atoms with Crippen molar-refractivity contribution in [1.82, 2.24) is 4.98 Å². The molecule has 1 aliphatic heterocycles. The molecule has 1 unspecified atom stereocenters. The van der Waals surface area contributed by atoms with Crippen LogP contribution in [0.15, 0.2) is 22.8 Å².